The number of fused-ring (bicyclic) bond motifs is 3. The van der Waals surface area contributed by atoms with Gasteiger partial charge in [0.2, 0.25) is 5.91 Å². The molecule has 8 heteroatoms. The SMILES string of the molecule is CCn1c2ccccc2c2cc(NC(=O)CN3C(=O)NC(C)(c4ccc(OC)cc4)C3=O)ccc21. The van der Waals surface area contributed by atoms with E-state index in [0.717, 1.165) is 33.3 Å². The number of aromatic nitrogens is 1. The van der Waals surface area contributed by atoms with E-state index in [1.807, 2.05) is 30.3 Å². The van der Waals surface area contributed by atoms with Crippen LogP contribution in [0.4, 0.5) is 10.5 Å². The number of hydrogen-bond acceptors (Lipinski definition) is 4. The molecule has 2 N–H and O–H groups in total. The van der Waals surface area contributed by atoms with E-state index in [1.54, 1.807) is 38.3 Å². The van der Waals surface area contributed by atoms with Crippen molar-refractivity contribution >= 4 is 45.3 Å². The summed E-state index contributed by atoms with van der Waals surface area (Å²) in [5.41, 5.74) is 2.16. The molecule has 1 atom stereocenters. The Hall–Kier alpha value is -4.33. The lowest BCUT2D eigenvalue weighted by Crippen LogP contribution is -2.42. The first-order chi connectivity index (χ1) is 16.9. The van der Waals surface area contributed by atoms with Crippen molar-refractivity contribution in [2.75, 3.05) is 19.0 Å². The summed E-state index contributed by atoms with van der Waals surface area (Å²) < 4.78 is 7.39. The summed E-state index contributed by atoms with van der Waals surface area (Å²) in [4.78, 5) is 39.6. The van der Waals surface area contributed by atoms with Crippen molar-refractivity contribution in [3.63, 3.8) is 0 Å². The maximum absolute atomic E-state index is 13.2. The lowest BCUT2D eigenvalue weighted by molar-refractivity contribution is -0.133. The minimum absolute atomic E-state index is 0.384. The Morgan fingerprint density at radius 1 is 1.00 bits per heavy atom. The number of carbonyl (C=O) groups excluding carboxylic acids is 3. The molecule has 0 bridgehead atoms. The van der Waals surface area contributed by atoms with Crippen LogP contribution in [0.3, 0.4) is 0 Å². The topological polar surface area (TPSA) is 92.7 Å². The highest BCUT2D eigenvalue weighted by Gasteiger charge is 2.49. The first kappa shape index (κ1) is 22.5. The predicted molar refractivity (Wildman–Crippen MR) is 134 cm³/mol. The van der Waals surface area contributed by atoms with Crippen LogP contribution in [0.2, 0.25) is 0 Å². The molecule has 35 heavy (non-hydrogen) atoms. The van der Waals surface area contributed by atoms with Gasteiger partial charge in [-0.1, -0.05) is 30.3 Å². The Labute approximate surface area is 202 Å². The molecule has 1 aliphatic heterocycles. The number of imide groups is 1. The van der Waals surface area contributed by atoms with Crippen molar-refractivity contribution in [2.24, 2.45) is 0 Å². The molecular formula is C27H26N4O4. The van der Waals surface area contributed by atoms with Gasteiger partial charge in [0, 0.05) is 34.0 Å². The van der Waals surface area contributed by atoms with Crippen molar-refractivity contribution in [2.45, 2.75) is 25.9 Å². The molecule has 178 valence electrons. The molecule has 2 heterocycles. The minimum Gasteiger partial charge on any atom is -0.497 e. The van der Waals surface area contributed by atoms with E-state index in [0.29, 0.717) is 17.0 Å². The molecule has 8 nitrogen and oxygen atoms in total. The first-order valence-electron chi connectivity index (χ1n) is 11.4. The molecule has 3 aromatic carbocycles. The summed E-state index contributed by atoms with van der Waals surface area (Å²) in [6.45, 7) is 4.17. The highest BCUT2D eigenvalue weighted by molar-refractivity contribution is 6.12. The van der Waals surface area contributed by atoms with Crippen LogP contribution < -0.4 is 15.4 Å². The van der Waals surface area contributed by atoms with Gasteiger partial charge in [0.15, 0.2) is 0 Å². The van der Waals surface area contributed by atoms with E-state index >= 15 is 0 Å². The summed E-state index contributed by atoms with van der Waals surface area (Å²) in [6.07, 6.45) is 0. The number of benzene rings is 3. The summed E-state index contributed by atoms with van der Waals surface area (Å²) in [7, 11) is 1.55. The molecular weight excluding hydrogens is 444 g/mol. The smallest absolute Gasteiger partial charge is 0.325 e. The monoisotopic (exact) mass is 470 g/mol. The van der Waals surface area contributed by atoms with Gasteiger partial charge in [0.05, 0.1) is 7.11 Å². The van der Waals surface area contributed by atoms with Crippen molar-refractivity contribution in [1.82, 2.24) is 14.8 Å². The Kier molecular flexibility index (Phi) is 5.43. The number of urea groups is 1. The van der Waals surface area contributed by atoms with Gasteiger partial charge in [-0.3, -0.25) is 14.5 Å². The molecule has 1 saturated heterocycles. The number of hydrogen-bond donors (Lipinski definition) is 2. The molecule has 1 fully saturated rings. The molecule has 0 radical (unpaired) electrons. The van der Waals surface area contributed by atoms with E-state index in [-0.39, 0.29) is 6.54 Å². The largest absolute Gasteiger partial charge is 0.497 e. The normalized spacial score (nSPS) is 17.7. The highest BCUT2D eigenvalue weighted by Crippen LogP contribution is 2.32. The highest BCUT2D eigenvalue weighted by atomic mass is 16.5. The Balaban J connectivity index is 1.36. The molecule has 1 aromatic heterocycles. The van der Waals surface area contributed by atoms with Gasteiger partial charge in [-0.25, -0.2) is 4.79 Å². The summed E-state index contributed by atoms with van der Waals surface area (Å²) in [5.74, 6) is -0.292. The number of para-hydroxylation sites is 1. The number of nitrogens with zero attached hydrogens (tertiary/aromatic N) is 2. The van der Waals surface area contributed by atoms with Crippen LogP contribution in [0.15, 0.2) is 66.7 Å². The van der Waals surface area contributed by atoms with E-state index in [1.165, 1.54) is 0 Å². The summed E-state index contributed by atoms with van der Waals surface area (Å²) in [5, 5.41) is 7.69. The molecule has 1 unspecified atom stereocenters. The second kappa shape index (κ2) is 8.47. The van der Waals surface area contributed by atoms with Crippen LogP contribution >= 0.6 is 0 Å². The van der Waals surface area contributed by atoms with Gasteiger partial charge in [0.25, 0.3) is 5.91 Å². The maximum atomic E-state index is 13.2. The number of carbonyl (C=O) groups is 3. The molecule has 4 aromatic rings. The lowest BCUT2D eigenvalue weighted by Gasteiger charge is -2.22. The fourth-order valence-electron chi connectivity index (χ4n) is 4.78. The molecule has 0 saturated carbocycles. The zero-order valence-corrected chi connectivity index (χ0v) is 19.8. The zero-order valence-electron chi connectivity index (χ0n) is 19.8. The van der Waals surface area contributed by atoms with Gasteiger partial charge >= 0.3 is 6.03 Å². The molecule has 5 rings (SSSR count). The van der Waals surface area contributed by atoms with Crippen LogP contribution in [0.25, 0.3) is 21.8 Å². The van der Waals surface area contributed by atoms with E-state index in [2.05, 4.69) is 34.3 Å². The number of anilines is 1. The summed E-state index contributed by atoms with van der Waals surface area (Å²) >= 11 is 0. The van der Waals surface area contributed by atoms with Gasteiger partial charge in [-0.15, -0.1) is 0 Å². The first-order valence-corrected chi connectivity index (χ1v) is 11.4. The number of methoxy groups -OCH3 is 1. The Morgan fingerprint density at radius 2 is 1.71 bits per heavy atom. The molecule has 0 spiro atoms. The third-order valence-electron chi connectivity index (χ3n) is 6.62. The third kappa shape index (κ3) is 3.67. The molecule has 0 aliphatic carbocycles. The number of rotatable bonds is 6. The van der Waals surface area contributed by atoms with Gasteiger partial charge in [-0.05, 0) is 55.8 Å². The number of amides is 4. The van der Waals surface area contributed by atoms with E-state index in [4.69, 9.17) is 4.74 Å². The van der Waals surface area contributed by atoms with Crippen LogP contribution in [-0.2, 0) is 21.7 Å². The van der Waals surface area contributed by atoms with Crippen LogP contribution in [-0.4, -0.2) is 41.0 Å². The van der Waals surface area contributed by atoms with Gasteiger partial charge < -0.3 is 19.9 Å². The fourth-order valence-corrected chi connectivity index (χ4v) is 4.78. The second-order valence-electron chi connectivity index (χ2n) is 8.72. The average Bonchev–Trinajstić information content (AvgIpc) is 3.30. The quantitative estimate of drug-likeness (QED) is 0.413. The van der Waals surface area contributed by atoms with Gasteiger partial charge in [0.1, 0.15) is 17.8 Å². The van der Waals surface area contributed by atoms with Crippen LogP contribution in [0.5, 0.6) is 5.75 Å². The van der Waals surface area contributed by atoms with E-state index in [9.17, 15) is 14.4 Å². The predicted octanol–water partition coefficient (Wildman–Crippen LogP) is 4.23. The lowest BCUT2D eigenvalue weighted by atomic mass is 9.92. The zero-order chi connectivity index (χ0) is 24.7. The second-order valence-corrected chi connectivity index (χ2v) is 8.72. The minimum atomic E-state index is -1.26. The van der Waals surface area contributed by atoms with Crippen LogP contribution in [0.1, 0.15) is 19.4 Å². The number of nitrogens with one attached hydrogen (secondary N) is 2. The fraction of sp³-hybridized carbons (Fsp3) is 0.222. The van der Waals surface area contributed by atoms with Crippen LogP contribution in [0, 0.1) is 0 Å². The summed E-state index contributed by atoms with van der Waals surface area (Å²) in [6, 6.07) is 20.2. The van der Waals surface area contributed by atoms with E-state index < -0.39 is 23.4 Å². The maximum Gasteiger partial charge on any atom is 0.325 e. The van der Waals surface area contributed by atoms with Gasteiger partial charge in [-0.2, -0.15) is 0 Å². The third-order valence-corrected chi connectivity index (χ3v) is 6.62. The molecule has 4 amide bonds. The molecule has 1 aliphatic rings. The Bertz CT molecular complexity index is 1470. The van der Waals surface area contributed by atoms with Crippen molar-refractivity contribution < 1.29 is 19.1 Å². The van der Waals surface area contributed by atoms with Crippen molar-refractivity contribution in [3.05, 3.63) is 72.3 Å². The number of aryl methyl sites for hydroxylation is 1. The number of ether oxygens (including phenoxy) is 1. The van der Waals surface area contributed by atoms with Crippen molar-refractivity contribution in [1.29, 1.82) is 0 Å². The Morgan fingerprint density at radius 3 is 2.43 bits per heavy atom. The standard InChI is InChI=1S/C27H26N4O4/c1-4-30-22-8-6-5-7-20(22)21-15-18(11-14-23(21)30)28-24(32)16-31-25(33)27(2,29-26(31)34)17-9-12-19(35-3)13-10-17/h5-15H,4,16H2,1-3H3,(H,28,32)(H,29,34). The average molecular weight is 471 g/mol. The van der Waals surface area contributed by atoms with Crippen molar-refractivity contribution in [3.8, 4) is 5.75 Å².